The molecule has 1 saturated heterocycles. The zero-order valence-electron chi connectivity index (χ0n) is 16.9. The summed E-state index contributed by atoms with van der Waals surface area (Å²) in [5.74, 6) is 0.680. The highest BCUT2D eigenvalue weighted by atomic mass is 35.5. The Bertz CT molecular complexity index is 1210. The molecule has 5 nitrogen and oxygen atoms in total. The third-order valence-corrected chi connectivity index (χ3v) is 6.28. The zero-order valence-corrected chi connectivity index (χ0v) is 19.2. The van der Waals surface area contributed by atoms with Crippen LogP contribution in [0.2, 0.25) is 10.0 Å². The maximum Gasteiger partial charge on any atom is 0.298 e. The van der Waals surface area contributed by atoms with Crippen LogP contribution < -0.4 is 14.4 Å². The number of rotatable bonds is 6. The van der Waals surface area contributed by atoms with Gasteiger partial charge in [0.1, 0.15) is 6.61 Å². The largest absolute Gasteiger partial charge is 0.493 e. The van der Waals surface area contributed by atoms with Crippen molar-refractivity contribution in [2.45, 2.75) is 6.61 Å². The van der Waals surface area contributed by atoms with Gasteiger partial charge in [0, 0.05) is 0 Å². The van der Waals surface area contributed by atoms with E-state index in [4.69, 9.17) is 32.7 Å². The number of anilines is 1. The van der Waals surface area contributed by atoms with Gasteiger partial charge in [0.15, 0.2) is 11.5 Å². The first-order chi connectivity index (χ1) is 15.5. The molecule has 1 aliphatic heterocycles. The molecule has 32 heavy (non-hydrogen) atoms. The summed E-state index contributed by atoms with van der Waals surface area (Å²) in [7, 11) is 1.54. The molecule has 8 heteroatoms. The van der Waals surface area contributed by atoms with Gasteiger partial charge >= 0.3 is 0 Å². The number of carbonyl (C=O) groups is 2. The summed E-state index contributed by atoms with van der Waals surface area (Å²) in [5, 5.41) is 0.606. The molecule has 0 saturated carbocycles. The van der Waals surface area contributed by atoms with Crippen LogP contribution in [0.3, 0.4) is 0 Å². The van der Waals surface area contributed by atoms with E-state index < -0.39 is 0 Å². The topological polar surface area (TPSA) is 55.8 Å². The molecule has 1 fully saturated rings. The summed E-state index contributed by atoms with van der Waals surface area (Å²) in [6.07, 6.45) is 1.67. The lowest BCUT2D eigenvalue weighted by Gasteiger charge is -2.12. The molecule has 162 valence electrons. The Morgan fingerprint density at radius 3 is 2.44 bits per heavy atom. The number of hydrogen-bond donors (Lipinski definition) is 0. The van der Waals surface area contributed by atoms with E-state index in [1.807, 2.05) is 12.1 Å². The van der Waals surface area contributed by atoms with Crippen LogP contribution >= 0.6 is 35.0 Å². The number of methoxy groups -OCH3 is 1. The number of halogens is 2. The quantitative estimate of drug-likeness (QED) is 0.358. The maximum atomic E-state index is 12.8. The lowest BCUT2D eigenvalue weighted by atomic mass is 10.1. The number of nitrogens with zero attached hydrogens (tertiary/aromatic N) is 1. The molecule has 2 amide bonds. The third-order valence-electron chi connectivity index (χ3n) is 4.67. The molecule has 0 N–H and O–H groups in total. The summed E-state index contributed by atoms with van der Waals surface area (Å²) < 4.78 is 11.3. The van der Waals surface area contributed by atoms with E-state index in [-0.39, 0.29) is 17.8 Å². The first-order valence-corrected chi connectivity index (χ1v) is 11.1. The van der Waals surface area contributed by atoms with E-state index in [9.17, 15) is 9.59 Å². The third kappa shape index (κ3) is 4.78. The van der Waals surface area contributed by atoms with Crippen LogP contribution in [0, 0.1) is 0 Å². The highest BCUT2D eigenvalue weighted by molar-refractivity contribution is 8.19. The Kier molecular flexibility index (Phi) is 6.74. The molecule has 0 radical (unpaired) electrons. The van der Waals surface area contributed by atoms with Crippen LogP contribution in [-0.2, 0) is 11.4 Å². The summed E-state index contributed by atoms with van der Waals surface area (Å²) in [6.45, 7) is 0.280. The molecule has 1 heterocycles. The average molecular weight is 486 g/mol. The molecule has 3 aromatic carbocycles. The first-order valence-electron chi connectivity index (χ1n) is 9.54. The van der Waals surface area contributed by atoms with Crippen LogP contribution in [-0.4, -0.2) is 18.3 Å². The van der Waals surface area contributed by atoms with Gasteiger partial charge in [0.25, 0.3) is 11.1 Å². The minimum Gasteiger partial charge on any atom is -0.493 e. The first kappa shape index (κ1) is 22.3. The summed E-state index contributed by atoms with van der Waals surface area (Å²) in [6, 6.07) is 19.4. The normalized spacial score (nSPS) is 14.8. The van der Waals surface area contributed by atoms with Crippen LogP contribution in [0.5, 0.6) is 11.5 Å². The fraction of sp³-hybridized carbons (Fsp3) is 0.0833. The number of benzene rings is 3. The lowest BCUT2D eigenvalue weighted by molar-refractivity contribution is -0.113. The van der Waals surface area contributed by atoms with Gasteiger partial charge in [-0.05, 0) is 65.4 Å². The predicted molar refractivity (Wildman–Crippen MR) is 129 cm³/mol. The fourth-order valence-electron chi connectivity index (χ4n) is 3.10. The minimum absolute atomic E-state index is 0.280. The number of para-hydroxylation sites is 1. The fourth-order valence-corrected chi connectivity index (χ4v) is 4.26. The number of amides is 2. The van der Waals surface area contributed by atoms with E-state index in [0.717, 1.165) is 17.3 Å². The van der Waals surface area contributed by atoms with Crippen molar-refractivity contribution in [3.63, 3.8) is 0 Å². The highest BCUT2D eigenvalue weighted by Crippen LogP contribution is 2.37. The Labute approximate surface area is 199 Å². The van der Waals surface area contributed by atoms with Crippen molar-refractivity contribution in [1.82, 2.24) is 0 Å². The van der Waals surface area contributed by atoms with Gasteiger partial charge in [-0.15, -0.1) is 0 Å². The average Bonchev–Trinajstić information content (AvgIpc) is 3.08. The van der Waals surface area contributed by atoms with Gasteiger partial charge < -0.3 is 9.47 Å². The molecule has 4 rings (SSSR count). The van der Waals surface area contributed by atoms with Gasteiger partial charge in [0.05, 0.1) is 27.7 Å². The van der Waals surface area contributed by atoms with Gasteiger partial charge in [-0.2, -0.15) is 0 Å². The Morgan fingerprint density at radius 1 is 0.938 bits per heavy atom. The predicted octanol–water partition coefficient (Wildman–Crippen LogP) is 6.82. The second kappa shape index (κ2) is 9.69. The van der Waals surface area contributed by atoms with E-state index >= 15 is 0 Å². The number of thioether (sulfide) groups is 1. The molecule has 0 unspecified atom stereocenters. The molecule has 1 aliphatic rings. The highest BCUT2D eigenvalue weighted by Gasteiger charge is 2.36. The smallest absolute Gasteiger partial charge is 0.298 e. The van der Waals surface area contributed by atoms with Crippen molar-refractivity contribution >= 4 is 57.9 Å². The molecule has 0 atom stereocenters. The van der Waals surface area contributed by atoms with Crippen LogP contribution in [0.15, 0.2) is 71.6 Å². The molecule has 0 aromatic heterocycles. The van der Waals surface area contributed by atoms with Crippen molar-refractivity contribution in [3.8, 4) is 11.5 Å². The van der Waals surface area contributed by atoms with Crippen molar-refractivity contribution in [3.05, 3.63) is 92.8 Å². The van der Waals surface area contributed by atoms with Gasteiger partial charge in [-0.25, -0.2) is 4.90 Å². The van der Waals surface area contributed by atoms with Crippen LogP contribution in [0.25, 0.3) is 6.08 Å². The van der Waals surface area contributed by atoms with Gasteiger partial charge in [0.2, 0.25) is 0 Å². The lowest BCUT2D eigenvalue weighted by Crippen LogP contribution is -2.27. The standard InChI is InChI=1S/C24H17Cl2NO4S/c1-30-21-12-15(8-10-20(21)31-14-16-7-9-18(25)19(26)11-16)13-22-23(28)27(24(29)32-22)17-5-3-2-4-6-17/h2-13H,14H2,1H3/b22-13-. The Morgan fingerprint density at radius 2 is 1.72 bits per heavy atom. The number of imide groups is 1. The monoisotopic (exact) mass is 485 g/mol. The van der Waals surface area contributed by atoms with Crippen molar-refractivity contribution in [2.24, 2.45) is 0 Å². The maximum absolute atomic E-state index is 12.8. The molecule has 0 spiro atoms. The van der Waals surface area contributed by atoms with Crippen LogP contribution in [0.4, 0.5) is 10.5 Å². The van der Waals surface area contributed by atoms with Crippen molar-refractivity contribution in [1.29, 1.82) is 0 Å². The molecule has 0 bridgehead atoms. The summed E-state index contributed by atoms with van der Waals surface area (Å²) in [4.78, 5) is 26.7. The molecule has 0 aliphatic carbocycles. The molecular formula is C24H17Cl2NO4S. The van der Waals surface area contributed by atoms with Crippen molar-refractivity contribution in [2.75, 3.05) is 12.0 Å². The Balaban J connectivity index is 1.52. The van der Waals surface area contributed by atoms with Gasteiger partial charge in [-0.3, -0.25) is 9.59 Å². The zero-order chi connectivity index (χ0) is 22.7. The molecular weight excluding hydrogens is 469 g/mol. The SMILES string of the molecule is COc1cc(/C=C2\SC(=O)N(c3ccccc3)C2=O)ccc1OCc1ccc(Cl)c(Cl)c1. The second-order valence-corrected chi connectivity index (χ2v) is 8.61. The van der Waals surface area contributed by atoms with E-state index in [0.29, 0.717) is 37.7 Å². The summed E-state index contributed by atoms with van der Waals surface area (Å²) in [5.41, 5.74) is 2.12. The van der Waals surface area contributed by atoms with E-state index in [1.54, 1.807) is 60.7 Å². The van der Waals surface area contributed by atoms with Crippen molar-refractivity contribution < 1.29 is 19.1 Å². The number of ether oxygens (including phenoxy) is 2. The number of carbonyl (C=O) groups excluding carboxylic acids is 2. The molecule has 3 aromatic rings. The van der Waals surface area contributed by atoms with Crippen LogP contribution in [0.1, 0.15) is 11.1 Å². The van der Waals surface area contributed by atoms with E-state index in [1.165, 1.54) is 12.0 Å². The minimum atomic E-state index is -0.356. The summed E-state index contributed by atoms with van der Waals surface area (Å²) >= 11 is 12.9. The van der Waals surface area contributed by atoms with E-state index in [2.05, 4.69) is 0 Å². The number of hydrogen-bond acceptors (Lipinski definition) is 5. The second-order valence-electron chi connectivity index (χ2n) is 6.80. The van der Waals surface area contributed by atoms with Gasteiger partial charge in [-0.1, -0.05) is 53.5 Å². The Hall–Kier alpha value is -2.93.